The van der Waals surface area contributed by atoms with Gasteiger partial charge >= 0.3 is 5.97 Å². The second-order valence-corrected chi connectivity index (χ2v) is 9.95. The third-order valence-corrected chi connectivity index (χ3v) is 8.15. The van der Waals surface area contributed by atoms with Crippen LogP contribution in [0, 0.1) is 11.8 Å². The number of carbonyl (C=O) groups excluding carboxylic acids is 2. The van der Waals surface area contributed by atoms with Crippen LogP contribution in [0.3, 0.4) is 0 Å². The molecule has 2 N–H and O–H groups in total. The number of thioether (sulfide) groups is 1. The molecule has 6 unspecified atom stereocenters. The molecule has 2 fully saturated rings. The number of carboxylic acids is 1. The lowest BCUT2D eigenvalue weighted by Crippen LogP contribution is -2.63. The summed E-state index contributed by atoms with van der Waals surface area (Å²) in [6.07, 6.45) is 1.75. The summed E-state index contributed by atoms with van der Waals surface area (Å²) in [5.74, 6) is -2.11. The van der Waals surface area contributed by atoms with Crippen molar-refractivity contribution >= 4 is 41.5 Å². The molecule has 3 aliphatic heterocycles. The Hall–Kier alpha value is -1.23. The number of likely N-dealkylation sites (N-methyl/N-ethyl adjacent to an activating group) is 1. The van der Waals surface area contributed by atoms with E-state index in [0.717, 1.165) is 0 Å². The number of fused-ring (bicyclic) bond motifs is 1. The highest BCUT2D eigenvalue weighted by Gasteiger charge is 2.60. The predicted molar refractivity (Wildman–Crippen MR) is 108 cm³/mol. The molecule has 0 aromatic rings. The Morgan fingerprint density at radius 1 is 1.32 bits per heavy atom. The second kappa shape index (κ2) is 7.89. The first-order valence-electron chi connectivity index (χ1n) is 9.27. The molecule has 3 heterocycles. The molecular formula is C18H27N3O5S2. The van der Waals surface area contributed by atoms with Gasteiger partial charge in [0.25, 0.3) is 0 Å². The van der Waals surface area contributed by atoms with Gasteiger partial charge in [0.2, 0.25) is 11.8 Å². The minimum Gasteiger partial charge on any atom is -0.477 e. The van der Waals surface area contributed by atoms with Gasteiger partial charge in [-0.3, -0.25) is 9.59 Å². The maximum atomic E-state index is 12.5. The Morgan fingerprint density at radius 2 is 1.96 bits per heavy atom. The number of aliphatic hydroxyl groups excluding tert-OH is 1. The van der Waals surface area contributed by atoms with Gasteiger partial charge in [-0.2, -0.15) is 0 Å². The number of nitrogens with zero attached hydrogens (tertiary/aromatic N) is 3. The lowest BCUT2D eigenvalue weighted by atomic mass is 9.79. The molecule has 0 aliphatic carbocycles. The number of hydrogen-bond donors (Lipinski definition) is 2. The molecule has 3 aliphatic rings. The fraction of sp³-hybridized carbons (Fsp3) is 0.722. The zero-order valence-electron chi connectivity index (χ0n) is 16.7. The average molecular weight is 430 g/mol. The number of β-lactam (4-membered cyclic amide) rings is 1. The van der Waals surface area contributed by atoms with E-state index < -0.39 is 18.0 Å². The zero-order valence-corrected chi connectivity index (χ0v) is 18.3. The van der Waals surface area contributed by atoms with Crippen molar-refractivity contribution < 1.29 is 24.6 Å². The highest BCUT2D eigenvalue weighted by Crippen LogP contribution is 2.52. The lowest BCUT2D eigenvalue weighted by Gasteiger charge is -2.46. The van der Waals surface area contributed by atoms with Crippen molar-refractivity contribution in [2.24, 2.45) is 11.8 Å². The third-order valence-electron chi connectivity index (χ3n) is 5.78. The summed E-state index contributed by atoms with van der Waals surface area (Å²) in [5, 5.41) is 19.8. The predicted octanol–water partition coefficient (Wildman–Crippen LogP) is 0.682. The number of amides is 2. The van der Waals surface area contributed by atoms with Crippen LogP contribution in [0.25, 0.3) is 0 Å². The van der Waals surface area contributed by atoms with Crippen molar-refractivity contribution in [2.75, 3.05) is 26.9 Å². The van der Waals surface area contributed by atoms with Gasteiger partial charge in [-0.1, -0.05) is 18.9 Å². The summed E-state index contributed by atoms with van der Waals surface area (Å²) in [5.41, 5.74) is 0.0440. The van der Waals surface area contributed by atoms with Crippen LogP contribution in [0.15, 0.2) is 10.6 Å². The second-order valence-electron chi connectivity index (χ2n) is 7.78. The van der Waals surface area contributed by atoms with E-state index in [4.69, 9.17) is 0 Å². The van der Waals surface area contributed by atoms with E-state index >= 15 is 0 Å². The molecule has 0 saturated carbocycles. The number of aliphatic carboxylic acids is 1. The van der Waals surface area contributed by atoms with Crippen molar-refractivity contribution in [3.8, 4) is 0 Å². The van der Waals surface area contributed by atoms with Crippen LogP contribution in [-0.4, -0.2) is 92.4 Å². The summed E-state index contributed by atoms with van der Waals surface area (Å²) in [4.78, 5) is 40.5. The Balaban J connectivity index is 1.83. The maximum absolute atomic E-state index is 12.5. The van der Waals surface area contributed by atoms with Crippen LogP contribution in [0.2, 0.25) is 0 Å². The van der Waals surface area contributed by atoms with E-state index in [1.54, 1.807) is 25.9 Å². The van der Waals surface area contributed by atoms with Gasteiger partial charge < -0.3 is 20.0 Å². The van der Waals surface area contributed by atoms with E-state index in [9.17, 15) is 24.6 Å². The van der Waals surface area contributed by atoms with Gasteiger partial charge in [0, 0.05) is 36.7 Å². The van der Waals surface area contributed by atoms with Crippen LogP contribution in [-0.2, 0) is 14.4 Å². The van der Waals surface area contributed by atoms with E-state index in [-0.39, 0.29) is 40.8 Å². The fourth-order valence-corrected chi connectivity index (χ4v) is 6.81. The van der Waals surface area contributed by atoms with Gasteiger partial charge in [-0.15, -0.1) is 11.8 Å². The first-order chi connectivity index (χ1) is 13.1. The summed E-state index contributed by atoms with van der Waals surface area (Å²) >= 11 is 2.99. The highest BCUT2D eigenvalue weighted by molar-refractivity contribution is 8.03. The molecule has 0 spiro atoms. The number of rotatable bonds is 6. The molecule has 6 atom stereocenters. The SMILES string of the molecule is CSN1CC(SC2=C(C(=O)O)N3C(=O)C(C(C)O)C3C2C)CC1C(=O)N(C)C. The normalized spacial score (nSPS) is 33.7. The maximum Gasteiger partial charge on any atom is 0.353 e. The standard InChI is InChI=1S/C18H27N3O5S2/c1-8-13-12(9(2)22)17(24)21(13)14(18(25)26)15(8)28-10-6-11(16(23)19(3)4)20(7-10)27-5/h8-13,22H,6-7H2,1-5H3,(H,25,26). The summed E-state index contributed by atoms with van der Waals surface area (Å²) in [7, 11) is 3.47. The minimum absolute atomic E-state index is 0.0394. The van der Waals surface area contributed by atoms with Crippen LogP contribution in [0.5, 0.6) is 0 Å². The van der Waals surface area contributed by atoms with Gasteiger partial charge in [0.05, 0.1) is 18.1 Å². The van der Waals surface area contributed by atoms with Crippen LogP contribution >= 0.6 is 23.7 Å². The fourth-order valence-electron chi connectivity index (χ4n) is 4.44. The largest absolute Gasteiger partial charge is 0.477 e. The van der Waals surface area contributed by atoms with Crippen LogP contribution in [0.1, 0.15) is 20.3 Å². The molecule has 0 aromatic heterocycles. The smallest absolute Gasteiger partial charge is 0.353 e. The number of carbonyl (C=O) groups is 3. The molecule has 0 bridgehead atoms. The van der Waals surface area contributed by atoms with E-state index in [1.807, 2.05) is 17.5 Å². The minimum atomic E-state index is -1.12. The van der Waals surface area contributed by atoms with Gasteiger partial charge in [0.15, 0.2) is 0 Å². The summed E-state index contributed by atoms with van der Waals surface area (Å²) < 4.78 is 2.04. The van der Waals surface area contributed by atoms with Gasteiger partial charge in [0.1, 0.15) is 11.7 Å². The van der Waals surface area contributed by atoms with Crippen molar-refractivity contribution in [2.45, 2.75) is 43.7 Å². The molecule has 3 rings (SSSR count). The first-order valence-corrected chi connectivity index (χ1v) is 11.3. The molecule has 156 valence electrons. The number of aliphatic hydroxyl groups is 1. The van der Waals surface area contributed by atoms with Crippen molar-refractivity contribution in [3.05, 3.63) is 10.6 Å². The molecule has 28 heavy (non-hydrogen) atoms. The van der Waals surface area contributed by atoms with Crippen molar-refractivity contribution in [1.82, 2.24) is 14.1 Å². The topological polar surface area (TPSA) is 101 Å². The first kappa shape index (κ1) is 21.5. The average Bonchev–Trinajstić information content (AvgIpc) is 3.12. The Kier molecular flexibility index (Phi) is 6.05. The molecule has 2 saturated heterocycles. The van der Waals surface area contributed by atoms with Gasteiger partial charge in [-0.25, -0.2) is 9.10 Å². The summed E-state index contributed by atoms with van der Waals surface area (Å²) in [6, 6.07) is -0.546. The lowest BCUT2D eigenvalue weighted by molar-refractivity contribution is -0.163. The van der Waals surface area contributed by atoms with E-state index in [0.29, 0.717) is 17.9 Å². The molecule has 2 amide bonds. The molecule has 0 aromatic carbocycles. The third kappa shape index (κ3) is 3.34. The zero-order chi connectivity index (χ0) is 20.9. The van der Waals surface area contributed by atoms with Gasteiger partial charge in [-0.05, 0) is 19.6 Å². The van der Waals surface area contributed by atoms with Crippen molar-refractivity contribution in [1.29, 1.82) is 0 Å². The number of hydrogen-bond acceptors (Lipinski definition) is 7. The Bertz CT molecular complexity index is 726. The Morgan fingerprint density at radius 3 is 2.46 bits per heavy atom. The molecule has 8 nitrogen and oxygen atoms in total. The van der Waals surface area contributed by atoms with Crippen LogP contribution in [0.4, 0.5) is 0 Å². The molecular weight excluding hydrogens is 402 g/mol. The quantitative estimate of drug-likeness (QED) is 0.470. The van der Waals surface area contributed by atoms with E-state index in [1.165, 1.54) is 28.6 Å². The monoisotopic (exact) mass is 429 g/mol. The highest BCUT2D eigenvalue weighted by atomic mass is 32.2. The Labute approximate surface area is 173 Å². The van der Waals surface area contributed by atoms with Crippen molar-refractivity contribution in [3.63, 3.8) is 0 Å². The van der Waals surface area contributed by atoms with Crippen LogP contribution < -0.4 is 0 Å². The number of carboxylic acid groups (broad SMARTS) is 1. The molecule has 10 heteroatoms. The molecule has 0 radical (unpaired) electrons. The van der Waals surface area contributed by atoms with E-state index in [2.05, 4.69) is 0 Å². The summed E-state index contributed by atoms with van der Waals surface area (Å²) in [6.45, 7) is 4.15.